The quantitative estimate of drug-likeness (QED) is 0.384. The molecule has 4 aromatic rings. The molecule has 1 saturated heterocycles. The summed E-state index contributed by atoms with van der Waals surface area (Å²) in [6.07, 6.45) is 3.46. The van der Waals surface area contributed by atoms with E-state index in [4.69, 9.17) is 16.6 Å². The minimum Gasteiger partial charge on any atom is -0.478 e. The van der Waals surface area contributed by atoms with Crippen LogP contribution in [0.3, 0.4) is 0 Å². The van der Waals surface area contributed by atoms with E-state index in [2.05, 4.69) is 39.7 Å². The number of pyridine rings is 1. The van der Waals surface area contributed by atoms with Gasteiger partial charge in [0, 0.05) is 23.3 Å². The van der Waals surface area contributed by atoms with Crippen LogP contribution in [0.25, 0.3) is 5.69 Å². The molecule has 1 aliphatic rings. The zero-order chi connectivity index (χ0) is 23.8. The molecule has 0 amide bonds. The fourth-order valence-corrected chi connectivity index (χ4v) is 5.03. The van der Waals surface area contributed by atoms with Crippen molar-refractivity contribution in [3.63, 3.8) is 0 Å². The van der Waals surface area contributed by atoms with E-state index in [-0.39, 0.29) is 17.6 Å². The summed E-state index contributed by atoms with van der Waals surface area (Å²) < 4.78 is 7.77. The number of aryl methyl sites for hydroxylation is 1. The van der Waals surface area contributed by atoms with Gasteiger partial charge in [-0.2, -0.15) is 0 Å². The number of nitrogens with zero attached hydrogens (tertiary/aromatic N) is 3. The van der Waals surface area contributed by atoms with Crippen LogP contribution in [0.15, 0.2) is 77.5 Å². The molecule has 3 aromatic heterocycles. The molecule has 4 heterocycles. The third-order valence-corrected chi connectivity index (χ3v) is 6.62. The molecule has 2 N–H and O–H groups in total. The van der Waals surface area contributed by atoms with Crippen LogP contribution < -0.4 is 5.32 Å². The van der Waals surface area contributed by atoms with Crippen LogP contribution in [0.1, 0.15) is 50.8 Å². The lowest BCUT2D eigenvalue weighted by Gasteiger charge is -2.27. The first-order valence-electron chi connectivity index (χ1n) is 11.0. The van der Waals surface area contributed by atoms with Gasteiger partial charge in [0.15, 0.2) is 5.11 Å². The van der Waals surface area contributed by atoms with E-state index in [9.17, 15) is 9.90 Å². The maximum absolute atomic E-state index is 11.3. The average Bonchev–Trinajstić information content (AvgIpc) is 3.54. The Labute approximate surface area is 202 Å². The number of hydrogen-bond acceptors (Lipinski definition) is 4. The van der Waals surface area contributed by atoms with Crippen LogP contribution in [0.2, 0.25) is 0 Å². The van der Waals surface area contributed by atoms with Gasteiger partial charge in [-0.3, -0.25) is 4.98 Å². The van der Waals surface area contributed by atoms with Gasteiger partial charge in [0.25, 0.3) is 0 Å². The minimum absolute atomic E-state index is 0.106. The van der Waals surface area contributed by atoms with Crippen molar-refractivity contribution >= 4 is 23.3 Å². The molecule has 5 rings (SSSR count). The number of carboxylic acid groups (broad SMARTS) is 1. The molecule has 1 aliphatic heterocycles. The number of furan rings is 1. The highest BCUT2D eigenvalue weighted by Crippen LogP contribution is 2.42. The fraction of sp³-hybridized carbons (Fsp3) is 0.192. The Kier molecular flexibility index (Phi) is 5.67. The van der Waals surface area contributed by atoms with Crippen LogP contribution in [-0.4, -0.2) is 30.6 Å². The summed E-state index contributed by atoms with van der Waals surface area (Å²) in [7, 11) is 0. The van der Waals surface area contributed by atoms with Gasteiger partial charge in [-0.1, -0.05) is 6.07 Å². The van der Waals surface area contributed by atoms with Gasteiger partial charge in [0.2, 0.25) is 0 Å². The molecule has 7 nitrogen and oxygen atoms in total. The molecule has 0 bridgehead atoms. The van der Waals surface area contributed by atoms with E-state index >= 15 is 0 Å². The molecular formula is C26H24N4O3S. The minimum atomic E-state index is -0.939. The smallest absolute Gasteiger partial charge is 0.335 e. The van der Waals surface area contributed by atoms with E-state index in [0.717, 1.165) is 34.1 Å². The van der Waals surface area contributed by atoms with Crippen molar-refractivity contribution in [1.82, 2.24) is 19.8 Å². The van der Waals surface area contributed by atoms with Crippen LogP contribution in [-0.2, 0) is 6.54 Å². The van der Waals surface area contributed by atoms with Crippen LogP contribution in [0.4, 0.5) is 0 Å². The van der Waals surface area contributed by atoms with Crippen LogP contribution in [0.5, 0.6) is 0 Å². The van der Waals surface area contributed by atoms with Gasteiger partial charge in [0.1, 0.15) is 5.76 Å². The van der Waals surface area contributed by atoms with Gasteiger partial charge in [0.05, 0.1) is 36.1 Å². The first-order valence-corrected chi connectivity index (χ1v) is 11.4. The largest absolute Gasteiger partial charge is 0.478 e. The second-order valence-corrected chi connectivity index (χ2v) is 8.73. The van der Waals surface area contributed by atoms with Gasteiger partial charge < -0.3 is 24.3 Å². The Morgan fingerprint density at radius 1 is 1.15 bits per heavy atom. The molecule has 0 unspecified atom stereocenters. The predicted molar refractivity (Wildman–Crippen MR) is 132 cm³/mol. The lowest BCUT2D eigenvalue weighted by Crippen LogP contribution is -2.29. The fourth-order valence-electron chi connectivity index (χ4n) is 4.72. The first-order chi connectivity index (χ1) is 16.4. The van der Waals surface area contributed by atoms with E-state index in [1.807, 2.05) is 42.5 Å². The molecule has 34 heavy (non-hydrogen) atoms. The monoisotopic (exact) mass is 472 g/mol. The van der Waals surface area contributed by atoms with Gasteiger partial charge in [-0.05, 0) is 86.2 Å². The van der Waals surface area contributed by atoms with Crippen molar-refractivity contribution in [3.8, 4) is 5.69 Å². The SMILES string of the molecule is Cc1cc([C@H]2[C@H](c3ccccn3)NC(=S)N2Cc2ccco2)c(C)n1-c1ccc(C(=O)O)cc1. The van der Waals surface area contributed by atoms with Crippen LogP contribution in [0, 0.1) is 13.8 Å². The maximum atomic E-state index is 11.3. The van der Waals surface area contributed by atoms with Gasteiger partial charge >= 0.3 is 5.97 Å². The average molecular weight is 473 g/mol. The van der Waals surface area contributed by atoms with Crippen molar-refractivity contribution in [1.29, 1.82) is 0 Å². The first kappa shape index (κ1) is 21.9. The summed E-state index contributed by atoms with van der Waals surface area (Å²) in [6, 6.07) is 18.6. The molecular weight excluding hydrogens is 448 g/mol. The van der Waals surface area contributed by atoms with Crippen molar-refractivity contribution in [2.75, 3.05) is 0 Å². The number of aromatic carboxylic acids is 1. The maximum Gasteiger partial charge on any atom is 0.335 e. The second kappa shape index (κ2) is 8.79. The van der Waals surface area contributed by atoms with E-state index < -0.39 is 5.97 Å². The molecule has 0 radical (unpaired) electrons. The molecule has 2 atom stereocenters. The molecule has 1 fully saturated rings. The Hall–Kier alpha value is -3.91. The van der Waals surface area contributed by atoms with Crippen molar-refractivity contribution < 1.29 is 14.3 Å². The lowest BCUT2D eigenvalue weighted by molar-refractivity contribution is 0.0697. The predicted octanol–water partition coefficient (Wildman–Crippen LogP) is 4.95. The Morgan fingerprint density at radius 3 is 2.59 bits per heavy atom. The molecule has 1 aromatic carbocycles. The van der Waals surface area contributed by atoms with Crippen molar-refractivity contribution in [2.24, 2.45) is 0 Å². The molecule has 0 spiro atoms. The third-order valence-electron chi connectivity index (χ3n) is 6.27. The normalized spacial score (nSPS) is 17.7. The number of thiocarbonyl (C=S) groups is 1. The zero-order valence-electron chi connectivity index (χ0n) is 18.8. The molecule has 172 valence electrons. The summed E-state index contributed by atoms with van der Waals surface area (Å²) in [5, 5.41) is 13.4. The number of hydrogen-bond donors (Lipinski definition) is 2. The van der Waals surface area contributed by atoms with Gasteiger partial charge in [-0.25, -0.2) is 4.79 Å². The Balaban J connectivity index is 1.60. The highest BCUT2D eigenvalue weighted by atomic mass is 32.1. The van der Waals surface area contributed by atoms with E-state index in [0.29, 0.717) is 11.7 Å². The third kappa shape index (κ3) is 3.86. The van der Waals surface area contributed by atoms with Gasteiger partial charge in [-0.15, -0.1) is 0 Å². The Bertz CT molecular complexity index is 1330. The molecule has 0 aliphatic carbocycles. The highest BCUT2D eigenvalue weighted by Gasteiger charge is 2.41. The molecule has 8 heteroatoms. The zero-order valence-corrected chi connectivity index (χ0v) is 19.6. The summed E-state index contributed by atoms with van der Waals surface area (Å²) >= 11 is 5.77. The number of benzene rings is 1. The standard InChI is InChI=1S/C26H24N4O3S/c1-16-14-21(17(2)30(16)19-10-8-18(9-11-19)25(31)32)24-23(22-7-3-4-12-27-22)28-26(34)29(24)15-20-6-5-13-33-20/h3-14,23-24H,15H2,1-2H3,(H,28,34)(H,31,32)/t23-,24-/m0/s1. The van der Waals surface area contributed by atoms with Crippen molar-refractivity contribution in [2.45, 2.75) is 32.5 Å². The van der Waals surface area contributed by atoms with E-state index in [1.54, 1.807) is 24.6 Å². The molecule has 0 saturated carbocycles. The second-order valence-electron chi connectivity index (χ2n) is 8.35. The summed E-state index contributed by atoms with van der Waals surface area (Å²) in [4.78, 5) is 18.0. The number of rotatable bonds is 6. The number of carboxylic acids is 1. The highest BCUT2D eigenvalue weighted by molar-refractivity contribution is 7.80. The number of aromatic nitrogens is 2. The summed E-state index contributed by atoms with van der Waals surface area (Å²) in [5.41, 5.74) is 5.30. The van der Waals surface area contributed by atoms with E-state index in [1.165, 1.54) is 0 Å². The summed E-state index contributed by atoms with van der Waals surface area (Å²) in [5.74, 6) is -0.112. The lowest BCUT2D eigenvalue weighted by atomic mass is 9.96. The summed E-state index contributed by atoms with van der Waals surface area (Å²) in [6.45, 7) is 4.66. The number of carbonyl (C=O) groups is 1. The van der Waals surface area contributed by atoms with Crippen LogP contribution >= 0.6 is 12.2 Å². The topological polar surface area (TPSA) is 83.5 Å². The number of nitrogens with one attached hydrogen (secondary N) is 1. The van der Waals surface area contributed by atoms with Crippen molar-refractivity contribution in [3.05, 3.63) is 107 Å². The Morgan fingerprint density at radius 2 is 1.94 bits per heavy atom.